The van der Waals surface area contributed by atoms with E-state index in [2.05, 4.69) is 12.2 Å². The second kappa shape index (κ2) is 8.34. The molecule has 1 N–H and O–H groups in total. The van der Waals surface area contributed by atoms with Gasteiger partial charge in [-0.2, -0.15) is 0 Å². The Hall–Kier alpha value is -1.14. The maximum Gasteiger partial charge on any atom is 0.147 e. The number of hydrogen-bond donors (Lipinski definition) is 1. The molecule has 0 bridgehead atoms. The molecule has 6 heteroatoms. The van der Waals surface area contributed by atoms with Gasteiger partial charge in [0, 0.05) is 23.9 Å². The molecule has 0 saturated carbocycles. The van der Waals surface area contributed by atoms with Crippen LogP contribution in [0.2, 0.25) is 0 Å². The average Bonchev–Trinajstić information content (AvgIpc) is 2.40. The molecule has 0 aliphatic carbocycles. The number of sulfone groups is 1. The van der Waals surface area contributed by atoms with E-state index in [1.807, 2.05) is 6.92 Å². The third kappa shape index (κ3) is 6.91. The van der Waals surface area contributed by atoms with Gasteiger partial charge in [0.05, 0.1) is 12.4 Å². The van der Waals surface area contributed by atoms with Crippen molar-refractivity contribution in [3.63, 3.8) is 0 Å². The molecule has 0 radical (unpaired) electrons. The normalized spacial score (nSPS) is 13.1. The standard InChI is InChI=1S/C15H24FNO3S/c1-4-8-17-12(2)14-7-6-13(16)11-15(14)20-9-5-10-21(3,18)19/h6-7,11-12,17H,4-5,8-10H2,1-3H3. The van der Waals surface area contributed by atoms with E-state index in [-0.39, 0.29) is 24.2 Å². The fourth-order valence-corrected chi connectivity index (χ4v) is 2.61. The smallest absolute Gasteiger partial charge is 0.147 e. The molecule has 21 heavy (non-hydrogen) atoms. The van der Waals surface area contributed by atoms with Gasteiger partial charge in [0.25, 0.3) is 0 Å². The van der Waals surface area contributed by atoms with Gasteiger partial charge < -0.3 is 10.1 Å². The highest BCUT2D eigenvalue weighted by Crippen LogP contribution is 2.26. The van der Waals surface area contributed by atoms with Crippen LogP contribution in [0.15, 0.2) is 18.2 Å². The van der Waals surface area contributed by atoms with Gasteiger partial charge in [-0.05, 0) is 32.4 Å². The second-order valence-electron chi connectivity index (χ2n) is 5.19. The molecule has 0 fully saturated rings. The Morgan fingerprint density at radius 3 is 2.71 bits per heavy atom. The van der Waals surface area contributed by atoms with E-state index < -0.39 is 9.84 Å². The first-order chi connectivity index (χ1) is 9.83. The first-order valence-electron chi connectivity index (χ1n) is 7.17. The van der Waals surface area contributed by atoms with Crippen LogP contribution in [0.1, 0.15) is 38.3 Å². The second-order valence-corrected chi connectivity index (χ2v) is 7.45. The number of nitrogens with one attached hydrogen (secondary N) is 1. The van der Waals surface area contributed by atoms with E-state index in [0.717, 1.165) is 18.5 Å². The van der Waals surface area contributed by atoms with Crippen molar-refractivity contribution >= 4 is 9.84 Å². The highest BCUT2D eigenvalue weighted by Gasteiger charge is 2.12. The first-order valence-corrected chi connectivity index (χ1v) is 9.23. The van der Waals surface area contributed by atoms with Gasteiger partial charge in [0.15, 0.2) is 0 Å². The van der Waals surface area contributed by atoms with E-state index in [1.165, 1.54) is 18.4 Å². The summed E-state index contributed by atoms with van der Waals surface area (Å²) in [6.07, 6.45) is 2.60. The summed E-state index contributed by atoms with van der Waals surface area (Å²) < 4.78 is 41.1. The Kier molecular flexibility index (Phi) is 7.11. The largest absolute Gasteiger partial charge is 0.493 e. The van der Waals surface area contributed by atoms with Crippen molar-refractivity contribution in [1.29, 1.82) is 0 Å². The third-order valence-electron chi connectivity index (χ3n) is 3.06. The van der Waals surface area contributed by atoms with E-state index in [4.69, 9.17) is 4.74 Å². The highest BCUT2D eigenvalue weighted by molar-refractivity contribution is 7.90. The molecule has 120 valence electrons. The average molecular weight is 317 g/mol. The molecule has 1 atom stereocenters. The summed E-state index contributed by atoms with van der Waals surface area (Å²) in [6.45, 7) is 5.19. The van der Waals surface area contributed by atoms with Crippen LogP contribution in [0, 0.1) is 5.82 Å². The Labute approximate surface area is 126 Å². The van der Waals surface area contributed by atoms with E-state index in [1.54, 1.807) is 6.07 Å². The Morgan fingerprint density at radius 1 is 1.38 bits per heavy atom. The van der Waals surface area contributed by atoms with Crippen LogP contribution in [0.25, 0.3) is 0 Å². The Bertz CT molecular complexity index is 546. The van der Waals surface area contributed by atoms with Crippen LogP contribution in [0.5, 0.6) is 5.75 Å². The molecule has 0 aliphatic rings. The summed E-state index contributed by atoms with van der Waals surface area (Å²) in [5.74, 6) is 0.181. The molecule has 0 amide bonds. The van der Waals surface area contributed by atoms with E-state index in [9.17, 15) is 12.8 Å². The van der Waals surface area contributed by atoms with E-state index in [0.29, 0.717) is 12.2 Å². The maximum atomic E-state index is 13.4. The van der Waals surface area contributed by atoms with Crippen molar-refractivity contribution in [2.45, 2.75) is 32.7 Å². The summed E-state index contributed by atoms with van der Waals surface area (Å²) in [5.41, 5.74) is 0.879. The van der Waals surface area contributed by atoms with Crippen LogP contribution in [-0.4, -0.2) is 33.6 Å². The molecule has 1 aromatic carbocycles. The highest BCUT2D eigenvalue weighted by atomic mass is 32.2. The summed E-state index contributed by atoms with van der Waals surface area (Å²) >= 11 is 0. The van der Waals surface area contributed by atoms with Crippen LogP contribution in [-0.2, 0) is 9.84 Å². The van der Waals surface area contributed by atoms with Crippen LogP contribution in [0.4, 0.5) is 4.39 Å². The Morgan fingerprint density at radius 2 is 2.10 bits per heavy atom. The van der Waals surface area contributed by atoms with Crippen molar-refractivity contribution in [1.82, 2.24) is 5.32 Å². The lowest BCUT2D eigenvalue weighted by Crippen LogP contribution is -2.20. The Balaban J connectivity index is 2.68. The van der Waals surface area contributed by atoms with Gasteiger partial charge in [-0.15, -0.1) is 0 Å². The van der Waals surface area contributed by atoms with Gasteiger partial charge >= 0.3 is 0 Å². The molecule has 0 aromatic heterocycles. The van der Waals surface area contributed by atoms with Gasteiger partial charge in [-0.1, -0.05) is 13.0 Å². The van der Waals surface area contributed by atoms with E-state index >= 15 is 0 Å². The lowest BCUT2D eigenvalue weighted by molar-refractivity contribution is 0.309. The summed E-state index contributed by atoms with van der Waals surface area (Å²) in [7, 11) is -2.99. The van der Waals surface area contributed by atoms with Gasteiger partial charge in [-0.25, -0.2) is 12.8 Å². The van der Waals surface area contributed by atoms with Crippen LogP contribution >= 0.6 is 0 Å². The zero-order valence-electron chi connectivity index (χ0n) is 12.9. The molecular weight excluding hydrogens is 293 g/mol. The summed E-state index contributed by atoms with van der Waals surface area (Å²) in [6, 6.07) is 4.51. The molecule has 4 nitrogen and oxygen atoms in total. The molecule has 0 aliphatic heterocycles. The van der Waals surface area contributed by atoms with Crippen molar-refractivity contribution in [2.75, 3.05) is 25.2 Å². The van der Waals surface area contributed by atoms with Crippen molar-refractivity contribution in [3.8, 4) is 5.75 Å². The van der Waals surface area contributed by atoms with Crippen LogP contribution in [0.3, 0.4) is 0 Å². The fraction of sp³-hybridized carbons (Fsp3) is 0.600. The monoisotopic (exact) mass is 317 g/mol. The zero-order chi connectivity index (χ0) is 15.9. The molecule has 0 heterocycles. The predicted molar refractivity (Wildman–Crippen MR) is 82.9 cm³/mol. The topological polar surface area (TPSA) is 55.4 Å². The summed E-state index contributed by atoms with van der Waals surface area (Å²) in [5, 5.41) is 3.32. The SMILES string of the molecule is CCCNC(C)c1ccc(F)cc1OCCCS(C)(=O)=O. The molecule has 1 rings (SSSR count). The molecule has 1 aromatic rings. The number of rotatable bonds is 9. The first kappa shape index (κ1) is 17.9. The minimum Gasteiger partial charge on any atom is -0.493 e. The molecular formula is C15H24FNO3S. The molecule has 0 saturated heterocycles. The zero-order valence-corrected chi connectivity index (χ0v) is 13.7. The van der Waals surface area contributed by atoms with Crippen molar-refractivity contribution in [2.24, 2.45) is 0 Å². The number of hydrogen-bond acceptors (Lipinski definition) is 4. The lowest BCUT2D eigenvalue weighted by Gasteiger charge is -2.18. The van der Waals surface area contributed by atoms with Crippen molar-refractivity contribution in [3.05, 3.63) is 29.6 Å². The third-order valence-corrected chi connectivity index (χ3v) is 4.09. The summed E-state index contributed by atoms with van der Waals surface area (Å²) in [4.78, 5) is 0. The van der Waals surface area contributed by atoms with Crippen LogP contribution < -0.4 is 10.1 Å². The fourth-order valence-electron chi connectivity index (χ4n) is 1.96. The lowest BCUT2D eigenvalue weighted by atomic mass is 10.1. The van der Waals surface area contributed by atoms with Gasteiger partial charge in [-0.3, -0.25) is 0 Å². The van der Waals surface area contributed by atoms with Crippen molar-refractivity contribution < 1.29 is 17.5 Å². The minimum atomic E-state index is -2.99. The number of ether oxygens (including phenoxy) is 1. The number of benzene rings is 1. The van der Waals surface area contributed by atoms with Gasteiger partial charge in [0.2, 0.25) is 0 Å². The minimum absolute atomic E-state index is 0.0513. The predicted octanol–water partition coefficient (Wildman–Crippen LogP) is 2.70. The van der Waals surface area contributed by atoms with Gasteiger partial charge in [0.1, 0.15) is 21.4 Å². The molecule has 1 unspecified atom stereocenters. The molecule has 0 spiro atoms. The quantitative estimate of drug-likeness (QED) is 0.712. The maximum absolute atomic E-state index is 13.4. The number of halogens is 1.